The molecule has 5 heteroatoms. The molecule has 0 aromatic carbocycles. The largest absolute Gasteiger partial charge is 0.479 e. The predicted octanol–water partition coefficient (Wildman–Crippen LogP) is 1.43. The first kappa shape index (κ1) is 14.7. The fraction of sp³-hybridized carbons (Fsp3) is 0.692. The minimum Gasteiger partial charge on any atom is -0.479 e. The SMILES string of the molecule is C=CCN(C(=O)[C@@H]1CC[C@H](C(=O)O)O1)C(C)(C)C. The average Bonchev–Trinajstić information content (AvgIpc) is 2.72. The third kappa shape index (κ3) is 3.32. The van der Waals surface area contributed by atoms with Gasteiger partial charge in [0.1, 0.15) is 6.10 Å². The normalized spacial score (nSPS) is 23.7. The van der Waals surface area contributed by atoms with Crippen LogP contribution in [0.1, 0.15) is 33.6 Å². The van der Waals surface area contributed by atoms with E-state index in [9.17, 15) is 9.59 Å². The summed E-state index contributed by atoms with van der Waals surface area (Å²) in [4.78, 5) is 24.8. The first-order valence-corrected chi connectivity index (χ1v) is 6.08. The van der Waals surface area contributed by atoms with E-state index in [-0.39, 0.29) is 11.4 Å². The number of hydrogen-bond acceptors (Lipinski definition) is 3. The van der Waals surface area contributed by atoms with Crippen LogP contribution in [0.2, 0.25) is 0 Å². The molecule has 0 bridgehead atoms. The van der Waals surface area contributed by atoms with Gasteiger partial charge in [0, 0.05) is 12.1 Å². The van der Waals surface area contributed by atoms with Gasteiger partial charge in [-0.25, -0.2) is 4.79 Å². The fourth-order valence-electron chi connectivity index (χ4n) is 2.00. The Morgan fingerprint density at radius 2 is 1.94 bits per heavy atom. The van der Waals surface area contributed by atoms with Gasteiger partial charge in [-0.15, -0.1) is 6.58 Å². The number of rotatable bonds is 4. The van der Waals surface area contributed by atoms with Gasteiger partial charge in [-0.2, -0.15) is 0 Å². The van der Waals surface area contributed by atoms with Gasteiger partial charge < -0.3 is 14.7 Å². The zero-order valence-corrected chi connectivity index (χ0v) is 11.2. The molecule has 1 saturated heterocycles. The van der Waals surface area contributed by atoms with E-state index in [4.69, 9.17) is 9.84 Å². The first-order valence-electron chi connectivity index (χ1n) is 6.08. The van der Waals surface area contributed by atoms with Crippen LogP contribution in [0, 0.1) is 0 Å². The lowest BCUT2D eigenvalue weighted by Crippen LogP contribution is -2.50. The molecule has 18 heavy (non-hydrogen) atoms. The number of ether oxygens (including phenoxy) is 1. The van der Waals surface area contributed by atoms with Crippen LogP contribution in [0.15, 0.2) is 12.7 Å². The molecule has 1 amide bonds. The van der Waals surface area contributed by atoms with Gasteiger partial charge in [0.05, 0.1) is 0 Å². The van der Waals surface area contributed by atoms with Crippen molar-refractivity contribution in [3.63, 3.8) is 0 Å². The van der Waals surface area contributed by atoms with Crippen LogP contribution in [0.5, 0.6) is 0 Å². The molecule has 0 saturated carbocycles. The molecule has 1 fully saturated rings. The first-order chi connectivity index (χ1) is 8.27. The molecule has 0 aromatic heterocycles. The lowest BCUT2D eigenvalue weighted by atomic mass is 10.0. The zero-order valence-electron chi connectivity index (χ0n) is 11.2. The van der Waals surface area contributed by atoms with E-state index in [2.05, 4.69) is 6.58 Å². The number of nitrogens with zero attached hydrogens (tertiary/aromatic N) is 1. The summed E-state index contributed by atoms with van der Waals surface area (Å²) in [6.07, 6.45) is 0.999. The summed E-state index contributed by atoms with van der Waals surface area (Å²) in [5.41, 5.74) is -0.337. The van der Waals surface area contributed by atoms with Crippen LogP contribution in [-0.4, -0.2) is 46.2 Å². The van der Waals surface area contributed by atoms with Crippen molar-refractivity contribution < 1.29 is 19.4 Å². The minimum absolute atomic E-state index is 0.161. The third-order valence-corrected chi connectivity index (χ3v) is 2.96. The van der Waals surface area contributed by atoms with Gasteiger partial charge in [0.2, 0.25) is 0 Å². The summed E-state index contributed by atoms with van der Waals surface area (Å²) >= 11 is 0. The Morgan fingerprint density at radius 3 is 2.33 bits per heavy atom. The molecule has 0 spiro atoms. The van der Waals surface area contributed by atoms with E-state index in [1.807, 2.05) is 20.8 Å². The van der Waals surface area contributed by atoms with Crippen molar-refractivity contribution in [2.24, 2.45) is 0 Å². The minimum atomic E-state index is -1.00. The van der Waals surface area contributed by atoms with E-state index < -0.39 is 18.2 Å². The van der Waals surface area contributed by atoms with Crippen molar-refractivity contribution in [3.8, 4) is 0 Å². The summed E-state index contributed by atoms with van der Waals surface area (Å²) in [6, 6.07) is 0. The van der Waals surface area contributed by atoms with Gasteiger partial charge in [-0.05, 0) is 33.6 Å². The summed E-state index contributed by atoms with van der Waals surface area (Å²) in [7, 11) is 0. The van der Waals surface area contributed by atoms with Crippen molar-refractivity contribution >= 4 is 11.9 Å². The molecule has 1 aliphatic rings. The van der Waals surface area contributed by atoms with Gasteiger partial charge in [-0.3, -0.25) is 4.79 Å². The smallest absolute Gasteiger partial charge is 0.332 e. The van der Waals surface area contributed by atoms with Crippen LogP contribution in [0.4, 0.5) is 0 Å². The molecule has 1 heterocycles. The van der Waals surface area contributed by atoms with E-state index >= 15 is 0 Å². The van der Waals surface area contributed by atoms with Crippen molar-refractivity contribution in [3.05, 3.63) is 12.7 Å². The number of carboxylic acid groups (broad SMARTS) is 1. The van der Waals surface area contributed by atoms with Crippen LogP contribution in [0.3, 0.4) is 0 Å². The molecule has 1 aliphatic heterocycles. The van der Waals surface area contributed by atoms with Crippen molar-refractivity contribution in [2.45, 2.75) is 51.4 Å². The Kier molecular flexibility index (Phi) is 4.51. The topological polar surface area (TPSA) is 66.8 Å². The highest BCUT2D eigenvalue weighted by atomic mass is 16.5. The highest BCUT2D eigenvalue weighted by Gasteiger charge is 2.39. The summed E-state index contributed by atoms with van der Waals surface area (Å²) < 4.78 is 5.28. The Morgan fingerprint density at radius 1 is 1.39 bits per heavy atom. The van der Waals surface area contributed by atoms with Crippen molar-refractivity contribution in [1.82, 2.24) is 4.90 Å². The number of hydrogen-bond donors (Lipinski definition) is 1. The van der Waals surface area contributed by atoms with Crippen LogP contribution in [0.25, 0.3) is 0 Å². The van der Waals surface area contributed by atoms with E-state index in [1.165, 1.54) is 0 Å². The van der Waals surface area contributed by atoms with Gasteiger partial charge in [0.15, 0.2) is 6.10 Å². The number of carbonyl (C=O) groups excluding carboxylic acids is 1. The number of carboxylic acids is 1. The predicted molar refractivity (Wildman–Crippen MR) is 67.2 cm³/mol. The van der Waals surface area contributed by atoms with Crippen LogP contribution >= 0.6 is 0 Å². The molecule has 0 radical (unpaired) electrons. The molecule has 0 aliphatic carbocycles. The second-order valence-corrected chi connectivity index (χ2v) is 5.44. The monoisotopic (exact) mass is 255 g/mol. The summed E-state index contributed by atoms with van der Waals surface area (Å²) in [5.74, 6) is -1.16. The molecule has 0 unspecified atom stereocenters. The second kappa shape index (κ2) is 5.52. The standard InChI is InChI=1S/C13H21NO4/c1-5-8-14(13(2,3)4)11(15)9-6-7-10(18-9)12(16)17/h5,9-10H,1,6-8H2,2-4H3,(H,16,17)/t9-,10+/m0/s1. The second-order valence-electron chi connectivity index (χ2n) is 5.44. The fourth-order valence-corrected chi connectivity index (χ4v) is 2.00. The maximum Gasteiger partial charge on any atom is 0.332 e. The number of aliphatic carboxylic acids is 1. The molecule has 102 valence electrons. The molecule has 1 rings (SSSR count). The molecule has 1 N–H and O–H groups in total. The van der Waals surface area contributed by atoms with Crippen molar-refractivity contribution in [2.75, 3.05) is 6.54 Å². The quantitative estimate of drug-likeness (QED) is 0.772. The Hall–Kier alpha value is -1.36. The molecule has 0 aromatic rings. The molecule has 2 atom stereocenters. The molecular weight excluding hydrogens is 234 g/mol. The van der Waals surface area contributed by atoms with E-state index in [0.29, 0.717) is 19.4 Å². The van der Waals surface area contributed by atoms with Crippen molar-refractivity contribution in [1.29, 1.82) is 0 Å². The zero-order chi connectivity index (χ0) is 13.9. The molecular formula is C13H21NO4. The van der Waals surface area contributed by atoms with Crippen LogP contribution in [-0.2, 0) is 14.3 Å². The summed E-state index contributed by atoms with van der Waals surface area (Å²) in [6.45, 7) is 9.85. The lowest BCUT2D eigenvalue weighted by molar-refractivity contribution is -0.156. The van der Waals surface area contributed by atoms with E-state index in [1.54, 1.807) is 11.0 Å². The van der Waals surface area contributed by atoms with Crippen LogP contribution < -0.4 is 0 Å². The lowest BCUT2D eigenvalue weighted by Gasteiger charge is -2.36. The van der Waals surface area contributed by atoms with Gasteiger partial charge in [-0.1, -0.05) is 6.08 Å². The Labute approximate surface area is 107 Å². The van der Waals surface area contributed by atoms with Gasteiger partial charge in [0.25, 0.3) is 5.91 Å². The molecule has 5 nitrogen and oxygen atoms in total. The average molecular weight is 255 g/mol. The van der Waals surface area contributed by atoms with Gasteiger partial charge >= 0.3 is 5.97 Å². The number of amides is 1. The number of carbonyl (C=O) groups is 2. The maximum absolute atomic E-state index is 12.3. The highest BCUT2D eigenvalue weighted by Crippen LogP contribution is 2.24. The highest BCUT2D eigenvalue weighted by molar-refractivity contribution is 5.83. The third-order valence-electron chi connectivity index (χ3n) is 2.96. The maximum atomic E-state index is 12.3. The Bertz CT molecular complexity index is 345. The summed E-state index contributed by atoms with van der Waals surface area (Å²) in [5, 5.41) is 8.85. The van der Waals surface area contributed by atoms with E-state index in [0.717, 1.165) is 0 Å². The Balaban J connectivity index is 2.74.